The van der Waals surface area contributed by atoms with Gasteiger partial charge in [0.25, 0.3) is 5.91 Å². The Bertz CT molecular complexity index is 981. The Balaban J connectivity index is 1.33. The van der Waals surface area contributed by atoms with E-state index in [0.717, 1.165) is 56.3 Å². The number of nitrogens with one attached hydrogen (secondary N) is 1. The van der Waals surface area contributed by atoms with Gasteiger partial charge in [0, 0.05) is 37.8 Å². The van der Waals surface area contributed by atoms with Gasteiger partial charge in [-0.25, -0.2) is 9.97 Å². The third-order valence-electron chi connectivity index (χ3n) is 6.67. The minimum Gasteiger partial charge on any atom is -0.392 e. The molecule has 4 rings (SSSR count). The molecular formula is C24H31Cl2N5O2. The monoisotopic (exact) mass is 491 g/mol. The van der Waals surface area contributed by atoms with Gasteiger partial charge >= 0.3 is 0 Å². The lowest BCUT2D eigenvalue weighted by atomic mass is 9.98. The molecule has 9 heteroatoms. The number of amides is 1. The smallest absolute Gasteiger partial charge is 0.272 e. The average molecular weight is 492 g/mol. The van der Waals surface area contributed by atoms with E-state index in [4.69, 9.17) is 23.2 Å². The number of β-amino-alcohol motifs (C(OH)–C–C–N with tert-alkyl or cyclic N) is 1. The lowest BCUT2D eigenvalue weighted by Crippen LogP contribution is -2.50. The highest BCUT2D eigenvalue weighted by atomic mass is 35.5. The summed E-state index contributed by atoms with van der Waals surface area (Å²) >= 11 is 12.1. The number of rotatable bonds is 6. The molecule has 2 aliphatic rings. The highest BCUT2D eigenvalue weighted by Crippen LogP contribution is 2.24. The Labute approximate surface area is 205 Å². The van der Waals surface area contributed by atoms with Crippen LogP contribution < -0.4 is 5.32 Å². The van der Waals surface area contributed by atoms with Gasteiger partial charge in [0.2, 0.25) is 0 Å². The second kappa shape index (κ2) is 11.0. The van der Waals surface area contributed by atoms with Gasteiger partial charge < -0.3 is 15.3 Å². The molecule has 2 aromatic rings. The third-order valence-corrected chi connectivity index (χ3v) is 7.41. The SMILES string of the molecule is Cc1c(NCCc2ccc(Cl)c(Cl)c2)ncnc1C(=O)N1CCC(N2CCC[C@@H](O)C2)CC1. The molecule has 0 aliphatic carbocycles. The van der Waals surface area contributed by atoms with Gasteiger partial charge in [-0.05, 0) is 63.3 Å². The predicted molar refractivity (Wildman–Crippen MR) is 131 cm³/mol. The number of hydrogen-bond donors (Lipinski definition) is 2. The summed E-state index contributed by atoms with van der Waals surface area (Å²) in [6.45, 7) is 5.74. The number of hydrogen-bond acceptors (Lipinski definition) is 6. The Morgan fingerprint density at radius 3 is 2.67 bits per heavy atom. The van der Waals surface area contributed by atoms with E-state index < -0.39 is 0 Å². The molecule has 178 valence electrons. The Kier molecular flexibility index (Phi) is 8.07. The zero-order valence-electron chi connectivity index (χ0n) is 18.9. The number of aliphatic hydroxyl groups excluding tert-OH is 1. The summed E-state index contributed by atoms with van der Waals surface area (Å²) in [5.74, 6) is 0.630. The molecule has 0 unspecified atom stereocenters. The van der Waals surface area contributed by atoms with Crippen molar-refractivity contribution >= 4 is 34.9 Å². The molecule has 1 amide bonds. The maximum atomic E-state index is 13.2. The molecule has 2 aliphatic heterocycles. The summed E-state index contributed by atoms with van der Waals surface area (Å²) in [6, 6.07) is 6.05. The van der Waals surface area contributed by atoms with Crippen LogP contribution in [-0.4, -0.2) is 75.7 Å². The van der Waals surface area contributed by atoms with Gasteiger partial charge in [-0.2, -0.15) is 0 Å². The van der Waals surface area contributed by atoms with E-state index in [1.807, 2.05) is 24.0 Å². The van der Waals surface area contributed by atoms with E-state index in [0.29, 0.717) is 47.2 Å². The minimum absolute atomic E-state index is 0.0421. The molecule has 7 nitrogen and oxygen atoms in total. The average Bonchev–Trinajstić information content (AvgIpc) is 2.82. The fourth-order valence-electron chi connectivity index (χ4n) is 4.76. The van der Waals surface area contributed by atoms with E-state index >= 15 is 0 Å². The number of aliphatic hydroxyl groups is 1. The first-order valence-electron chi connectivity index (χ1n) is 11.6. The van der Waals surface area contributed by atoms with Crippen LogP contribution >= 0.6 is 23.2 Å². The van der Waals surface area contributed by atoms with Crippen LogP contribution in [0.4, 0.5) is 5.82 Å². The third kappa shape index (κ3) is 5.96. The molecule has 0 saturated carbocycles. The van der Waals surface area contributed by atoms with Crippen LogP contribution in [0.3, 0.4) is 0 Å². The Hall–Kier alpha value is -1.93. The van der Waals surface area contributed by atoms with Crippen LogP contribution in [0.1, 0.15) is 47.3 Å². The fraction of sp³-hybridized carbons (Fsp3) is 0.542. The second-order valence-corrected chi connectivity index (χ2v) is 9.75. The normalized spacial score (nSPS) is 20.1. The van der Waals surface area contributed by atoms with Crippen molar-refractivity contribution in [1.29, 1.82) is 0 Å². The lowest BCUT2D eigenvalue weighted by Gasteiger charge is -2.41. The molecular weight excluding hydrogens is 461 g/mol. The van der Waals surface area contributed by atoms with E-state index in [2.05, 4.69) is 20.2 Å². The molecule has 2 saturated heterocycles. The summed E-state index contributed by atoms with van der Waals surface area (Å²) < 4.78 is 0. The molecule has 1 aromatic heterocycles. The first kappa shape index (κ1) is 24.2. The van der Waals surface area contributed by atoms with E-state index in [1.165, 1.54) is 6.33 Å². The van der Waals surface area contributed by atoms with Crippen molar-refractivity contribution in [2.45, 2.75) is 51.2 Å². The predicted octanol–water partition coefficient (Wildman–Crippen LogP) is 3.81. The number of piperidine rings is 2. The number of aromatic nitrogens is 2. The number of anilines is 1. The first-order valence-corrected chi connectivity index (χ1v) is 12.4. The summed E-state index contributed by atoms with van der Waals surface area (Å²) in [5.41, 5.74) is 2.29. The van der Waals surface area contributed by atoms with Crippen molar-refractivity contribution in [3.8, 4) is 0 Å². The van der Waals surface area contributed by atoms with Crippen molar-refractivity contribution in [3.63, 3.8) is 0 Å². The van der Waals surface area contributed by atoms with Crippen molar-refractivity contribution in [3.05, 3.63) is 51.4 Å². The number of halogens is 2. The molecule has 0 radical (unpaired) electrons. The van der Waals surface area contributed by atoms with E-state index in [1.54, 1.807) is 6.07 Å². The largest absolute Gasteiger partial charge is 0.392 e. The molecule has 2 N–H and O–H groups in total. The van der Waals surface area contributed by atoms with Crippen LogP contribution in [0, 0.1) is 6.92 Å². The van der Waals surface area contributed by atoms with Gasteiger partial charge in [-0.1, -0.05) is 29.3 Å². The topological polar surface area (TPSA) is 81.6 Å². The molecule has 0 bridgehead atoms. The highest BCUT2D eigenvalue weighted by molar-refractivity contribution is 6.42. The summed E-state index contributed by atoms with van der Waals surface area (Å²) in [6.07, 6.45) is 5.77. The lowest BCUT2D eigenvalue weighted by molar-refractivity contribution is 0.0239. The summed E-state index contributed by atoms with van der Waals surface area (Å²) in [5, 5.41) is 14.4. The zero-order chi connectivity index (χ0) is 23.4. The zero-order valence-corrected chi connectivity index (χ0v) is 20.4. The van der Waals surface area contributed by atoms with Crippen LogP contribution in [0.5, 0.6) is 0 Å². The number of benzene rings is 1. The van der Waals surface area contributed by atoms with Crippen LogP contribution in [0.2, 0.25) is 10.0 Å². The maximum Gasteiger partial charge on any atom is 0.272 e. The number of carbonyl (C=O) groups is 1. The van der Waals surface area contributed by atoms with Gasteiger partial charge in [0.15, 0.2) is 0 Å². The quantitative estimate of drug-likeness (QED) is 0.639. The number of nitrogens with zero attached hydrogens (tertiary/aromatic N) is 4. The van der Waals surface area contributed by atoms with E-state index in [9.17, 15) is 9.90 Å². The second-order valence-electron chi connectivity index (χ2n) is 8.94. The fourth-order valence-corrected chi connectivity index (χ4v) is 5.08. The van der Waals surface area contributed by atoms with Crippen molar-refractivity contribution in [2.75, 3.05) is 38.0 Å². The van der Waals surface area contributed by atoms with E-state index in [-0.39, 0.29) is 12.0 Å². The van der Waals surface area contributed by atoms with Crippen molar-refractivity contribution in [2.24, 2.45) is 0 Å². The number of likely N-dealkylation sites (tertiary alicyclic amines) is 2. The van der Waals surface area contributed by atoms with Gasteiger partial charge in [-0.3, -0.25) is 9.69 Å². The summed E-state index contributed by atoms with van der Waals surface area (Å²) in [4.78, 5) is 26.1. The van der Waals surface area contributed by atoms with Crippen LogP contribution in [0.25, 0.3) is 0 Å². The molecule has 33 heavy (non-hydrogen) atoms. The maximum absolute atomic E-state index is 13.2. The van der Waals surface area contributed by atoms with Crippen LogP contribution in [0.15, 0.2) is 24.5 Å². The highest BCUT2D eigenvalue weighted by Gasteiger charge is 2.31. The minimum atomic E-state index is -0.218. The molecule has 1 aromatic carbocycles. The van der Waals surface area contributed by atoms with Crippen molar-refractivity contribution < 1.29 is 9.90 Å². The molecule has 2 fully saturated rings. The Morgan fingerprint density at radius 1 is 1.15 bits per heavy atom. The van der Waals surface area contributed by atoms with Crippen LogP contribution in [-0.2, 0) is 6.42 Å². The molecule has 1 atom stereocenters. The standard InChI is InChI=1S/C24H31Cl2N5O2/c1-16-22(24(33)30-11-7-18(8-12-30)31-10-2-3-19(32)14-31)28-15-29-23(16)27-9-6-17-4-5-20(25)21(26)13-17/h4-5,13,15,18-19,32H,2-3,6-12,14H2,1H3,(H,27,28,29)/t19-/m1/s1. The molecule has 0 spiro atoms. The number of carbonyl (C=O) groups excluding carboxylic acids is 1. The molecule has 3 heterocycles. The Morgan fingerprint density at radius 2 is 1.94 bits per heavy atom. The van der Waals surface area contributed by atoms with Gasteiger partial charge in [0.1, 0.15) is 17.8 Å². The van der Waals surface area contributed by atoms with Crippen molar-refractivity contribution in [1.82, 2.24) is 19.8 Å². The summed E-state index contributed by atoms with van der Waals surface area (Å²) in [7, 11) is 0. The van der Waals surface area contributed by atoms with Gasteiger partial charge in [-0.15, -0.1) is 0 Å². The van der Waals surface area contributed by atoms with Gasteiger partial charge in [0.05, 0.1) is 16.1 Å². The first-order chi connectivity index (χ1) is 15.9.